The first kappa shape index (κ1) is 12.2. The molecule has 0 fully saturated rings. The molecule has 94 valence electrons. The minimum atomic E-state index is -0.511. The van der Waals surface area contributed by atoms with Gasteiger partial charge in [-0.05, 0) is 24.3 Å². The molecule has 0 radical (unpaired) electrons. The van der Waals surface area contributed by atoms with E-state index in [1.165, 1.54) is 26.4 Å². The van der Waals surface area contributed by atoms with Gasteiger partial charge < -0.3 is 14.6 Å². The molecule has 4 heteroatoms. The first-order valence-corrected chi connectivity index (χ1v) is 5.37. The highest BCUT2D eigenvalue weighted by Gasteiger charge is 2.14. The van der Waals surface area contributed by atoms with E-state index in [0.717, 1.165) is 0 Å². The summed E-state index contributed by atoms with van der Waals surface area (Å²) in [5, 5.41) is 9.81. The average Bonchev–Trinajstić information content (AvgIpc) is 2.40. The lowest BCUT2D eigenvalue weighted by Crippen LogP contribution is -1.92. The second-order valence-corrected chi connectivity index (χ2v) is 3.70. The van der Waals surface area contributed by atoms with Crippen LogP contribution in [0.1, 0.15) is 0 Å². The van der Waals surface area contributed by atoms with Gasteiger partial charge in [-0.3, -0.25) is 0 Å². The van der Waals surface area contributed by atoms with E-state index in [1.807, 2.05) is 0 Å². The lowest BCUT2D eigenvalue weighted by molar-refractivity contribution is 0.387. The van der Waals surface area contributed by atoms with E-state index in [1.54, 1.807) is 24.3 Å². The van der Waals surface area contributed by atoms with Crippen LogP contribution in [0.25, 0.3) is 11.1 Å². The molecule has 2 rings (SSSR count). The van der Waals surface area contributed by atoms with E-state index < -0.39 is 5.82 Å². The molecule has 0 bridgehead atoms. The summed E-state index contributed by atoms with van der Waals surface area (Å²) < 4.78 is 24.1. The van der Waals surface area contributed by atoms with Gasteiger partial charge in [-0.25, -0.2) is 4.39 Å². The van der Waals surface area contributed by atoms with Gasteiger partial charge in [-0.15, -0.1) is 0 Å². The van der Waals surface area contributed by atoms with Gasteiger partial charge in [0.15, 0.2) is 11.6 Å². The van der Waals surface area contributed by atoms with E-state index in [-0.39, 0.29) is 17.1 Å². The summed E-state index contributed by atoms with van der Waals surface area (Å²) in [6, 6.07) is 9.41. The number of halogens is 1. The number of benzene rings is 2. The Bertz CT molecular complexity index is 567. The highest BCUT2D eigenvalue weighted by Crippen LogP contribution is 2.36. The van der Waals surface area contributed by atoms with Gasteiger partial charge in [0.05, 0.1) is 14.2 Å². The van der Waals surface area contributed by atoms with Crippen molar-refractivity contribution in [2.24, 2.45) is 0 Å². The van der Waals surface area contributed by atoms with Gasteiger partial charge in [0.1, 0.15) is 11.5 Å². The molecule has 0 aliphatic heterocycles. The van der Waals surface area contributed by atoms with Crippen molar-refractivity contribution in [3.8, 4) is 28.4 Å². The zero-order chi connectivity index (χ0) is 13.1. The number of ether oxygens (including phenoxy) is 2. The first-order chi connectivity index (χ1) is 8.67. The molecule has 1 N–H and O–H groups in total. The maximum Gasteiger partial charge on any atom is 0.172 e. The van der Waals surface area contributed by atoms with Crippen LogP contribution in [0, 0.1) is 5.82 Å². The lowest BCUT2D eigenvalue weighted by atomic mass is 10.0. The summed E-state index contributed by atoms with van der Waals surface area (Å²) in [6.45, 7) is 0. The van der Waals surface area contributed by atoms with E-state index in [4.69, 9.17) is 9.47 Å². The van der Waals surface area contributed by atoms with E-state index in [0.29, 0.717) is 11.3 Å². The number of methoxy groups -OCH3 is 2. The Balaban J connectivity index is 2.61. The fourth-order valence-electron chi connectivity index (χ4n) is 1.73. The minimum absolute atomic E-state index is 0.0112. The van der Waals surface area contributed by atoms with Crippen LogP contribution < -0.4 is 9.47 Å². The predicted molar refractivity (Wildman–Crippen MR) is 66.6 cm³/mol. The fourth-order valence-corrected chi connectivity index (χ4v) is 1.73. The van der Waals surface area contributed by atoms with Gasteiger partial charge in [-0.1, -0.05) is 12.1 Å². The Morgan fingerprint density at radius 1 is 1.00 bits per heavy atom. The van der Waals surface area contributed by atoms with Crippen molar-refractivity contribution in [3.05, 3.63) is 42.2 Å². The molecule has 0 amide bonds. The quantitative estimate of drug-likeness (QED) is 0.906. The van der Waals surface area contributed by atoms with Crippen LogP contribution in [0.5, 0.6) is 17.2 Å². The van der Waals surface area contributed by atoms with Crippen molar-refractivity contribution < 1.29 is 19.0 Å². The van der Waals surface area contributed by atoms with E-state index in [9.17, 15) is 9.50 Å². The van der Waals surface area contributed by atoms with Gasteiger partial charge >= 0.3 is 0 Å². The largest absolute Gasteiger partial charge is 0.507 e. The maximum atomic E-state index is 14.1. The van der Waals surface area contributed by atoms with Gasteiger partial charge in [-0.2, -0.15) is 0 Å². The maximum absolute atomic E-state index is 14.1. The van der Waals surface area contributed by atoms with Crippen LogP contribution in [0.4, 0.5) is 4.39 Å². The summed E-state index contributed by atoms with van der Waals surface area (Å²) >= 11 is 0. The number of hydrogen-bond acceptors (Lipinski definition) is 3. The van der Waals surface area contributed by atoms with Crippen molar-refractivity contribution >= 4 is 0 Å². The van der Waals surface area contributed by atoms with Gasteiger partial charge in [0.2, 0.25) is 0 Å². The number of hydrogen-bond donors (Lipinski definition) is 1. The highest BCUT2D eigenvalue weighted by molar-refractivity contribution is 5.73. The third-order valence-electron chi connectivity index (χ3n) is 2.68. The second-order valence-electron chi connectivity index (χ2n) is 3.70. The number of rotatable bonds is 3. The molecular weight excluding hydrogens is 235 g/mol. The smallest absolute Gasteiger partial charge is 0.172 e. The van der Waals surface area contributed by atoms with Crippen LogP contribution in [-0.2, 0) is 0 Å². The zero-order valence-electron chi connectivity index (χ0n) is 10.1. The van der Waals surface area contributed by atoms with Crippen LogP contribution >= 0.6 is 0 Å². The van der Waals surface area contributed by atoms with Gasteiger partial charge in [0.25, 0.3) is 0 Å². The lowest BCUT2D eigenvalue weighted by Gasteiger charge is -2.10. The Morgan fingerprint density at radius 2 is 1.78 bits per heavy atom. The molecule has 0 spiro atoms. The SMILES string of the molecule is COc1ccc(O)c(-c2cccc(OC)c2F)c1. The molecule has 2 aromatic rings. The van der Waals surface area contributed by atoms with Crippen molar-refractivity contribution in [3.63, 3.8) is 0 Å². The molecular formula is C14H13FO3. The molecule has 18 heavy (non-hydrogen) atoms. The molecule has 0 atom stereocenters. The second kappa shape index (κ2) is 4.96. The standard InChI is InChI=1S/C14H13FO3/c1-17-9-6-7-12(16)11(8-9)10-4-3-5-13(18-2)14(10)15/h3-8,16H,1-2H3. The van der Waals surface area contributed by atoms with Crippen molar-refractivity contribution in [2.45, 2.75) is 0 Å². The Hall–Kier alpha value is -2.23. The molecule has 0 aromatic heterocycles. The number of phenols is 1. The molecule has 0 heterocycles. The summed E-state index contributed by atoms with van der Waals surface area (Å²) in [4.78, 5) is 0. The molecule has 0 saturated carbocycles. The van der Waals surface area contributed by atoms with Gasteiger partial charge in [0, 0.05) is 11.1 Å². The monoisotopic (exact) mass is 248 g/mol. The van der Waals surface area contributed by atoms with Crippen molar-refractivity contribution in [2.75, 3.05) is 14.2 Å². The average molecular weight is 248 g/mol. The first-order valence-electron chi connectivity index (χ1n) is 5.37. The third-order valence-corrected chi connectivity index (χ3v) is 2.68. The van der Waals surface area contributed by atoms with E-state index in [2.05, 4.69) is 0 Å². The zero-order valence-corrected chi connectivity index (χ0v) is 10.1. The number of phenolic OH excluding ortho intramolecular Hbond substituents is 1. The summed E-state index contributed by atoms with van der Waals surface area (Å²) in [6.07, 6.45) is 0. The molecule has 0 unspecified atom stereocenters. The van der Waals surface area contributed by atoms with Crippen LogP contribution in [0.2, 0.25) is 0 Å². The van der Waals surface area contributed by atoms with E-state index >= 15 is 0 Å². The molecule has 0 aliphatic carbocycles. The van der Waals surface area contributed by atoms with Crippen molar-refractivity contribution in [1.82, 2.24) is 0 Å². The Kier molecular flexibility index (Phi) is 3.37. The summed E-state index contributed by atoms with van der Waals surface area (Å²) in [5.74, 6) is 0.159. The summed E-state index contributed by atoms with van der Waals surface area (Å²) in [7, 11) is 2.91. The fraction of sp³-hybridized carbons (Fsp3) is 0.143. The highest BCUT2D eigenvalue weighted by atomic mass is 19.1. The normalized spacial score (nSPS) is 10.2. The molecule has 3 nitrogen and oxygen atoms in total. The third kappa shape index (κ3) is 2.09. The van der Waals surface area contributed by atoms with Crippen molar-refractivity contribution in [1.29, 1.82) is 0 Å². The van der Waals surface area contributed by atoms with Crippen LogP contribution in [0.3, 0.4) is 0 Å². The minimum Gasteiger partial charge on any atom is -0.507 e. The van der Waals surface area contributed by atoms with Crippen LogP contribution in [0.15, 0.2) is 36.4 Å². The van der Waals surface area contributed by atoms with Crippen LogP contribution in [-0.4, -0.2) is 19.3 Å². The molecule has 0 aliphatic rings. The summed E-state index contributed by atoms with van der Waals surface area (Å²) in [5.41, 5.74) is 0.636. The topological polar surface area (TPSA) is 38.7 Å². The Morgan fingerprint density at radius 3 is 2.44 bits per heavy atom. The predicted octanol–water partition coefficient (Wildman–Crippen LogP) is 3.22. The Labute approximate surface area is 104 Å². The molecule has 2 aromatic carbocycles. The number of aromatic hydroxyl groups is 1. The molecule has 0 saturated heterocycles.